The molecule has 84 valence electrons. The first-order valence-corrected chi connectivity index (χ1v) is 5.68. The van der Waals surface area contributed by atoms with Crippen molar-refractivity contribution in [2.75, 3.05) is 0 Å². The summed E-state index contributed by atoms with van der Waals surface area (Å²) in [6.07, 6.45) is 3.84. The molecule has 0 spiro atoms. The molecule has 0 aliphatic heterocycles. The zero-order valence-corrected chi connectivity index (χ0v) is 9.43. The van der Waals surface area contributed by atoms with Crippen molar-refractivity contribution < 1.29 is 5.11 Å². The molecular weight excluding hydrogens is 200 g/mol. The van der Waals surface area contributed by atoms with Crippen LogP contribution in [-0.4, -0.2) is 21.2 Å². The number of aliphatic hydroxyl groups excluding tert-OH is 1. The van der Waals surface area contributed by atoms with Crippen LogP contribution in [-0.2, 0) is 6.42 Å². The van der Waals surface area contributed by atoms with E-state index in [1.807, 2.05) is 24.3 Å². The Hall–Kier alpha value is -1.48. The maximum absolute atomic E-state index is 9.71. The molecule has 1 aromatic heterocycles. The molecule has 0 aliphatic rings. The number of benzene rings is 1. The first-order chi connectivity index (χ1) is 7.79. The Morgan fingerprint density at radius 2 is 2.00 bits per heavy atom. The highest BCUT2D eigenvalue weighted by atomic mass is 16.3. The van der Waals surface area contributed by atoms with Crippen molar-refractivity contribution in [3.63, 3.8) is 0 Å². The second-order valence-corrected chi connectivity index (χ2v) is 4.00. The van der Waals surface area contributed by atoms with Crippen LogP contribution in [0.4, 0.5) is 0 Å². The van der Waals surface area contributed by atoms with Crippen LogP contribution in [0.25, 0.3) is 11.0 Å². The third kappa shape index (κ3) is 2.55. The van der Waals surface area contributed by atoms with E-state index < -0.39 is 0 Å². The molecule has 1 aromatic carbocycles. The van der Waals surface area contributed by atoms with E-state index in [1.54, 1.807) is 6.20 Å². The highest BCUT2D eigenvalue weighted by molar-refractivity contribution is 5.73. The third-order valence-corrected chi connectivity index (χ3v) is 2.57. The first-order valence-electron chi connectivity index (χ1n) is 5.68. The van der Waals surface area contributed by atoms with Crippen LogP contribution in [0, 0.1) is 0 Å². The molecule has 2 rings (SSSR count). The van der Waals surface area contributed by atoms with Gasteiger partial charge in [-0.15, -0.1) is 0 Å². The predicted molar refractivity (Wildman–Crippen MR) is 64.2 cm³/mol. The SMILES string of the molecule is CCCC(O)Cc1cnc2ccccc2n1. The number of hydrogen-bond donors (Lipinski definition) is 1. The van der Waals surface area contributed by atoms with Gasteiger partial charge >= 0.3 is 0 Å². The monoisotopic (exact) mass is 216 g/mol. The lowest BCUT2D eigenvalue weighted by Crippen LogP contribution is -2.11. The van der Waals surface area contributed by atoms with E-state index in [4.69, 9.17) is 0 Å². The zero-order valence-electron chi connectivity index (χ0n) is 9.43. The van der Waals surface area contributed by atoms with E-state index >= 15 is 0 Å². The summed E-state index contributed by atoms with van der Waals surface area (Å²) < 4.78 is 0. The Bertz CT molecular complexity index is 470. The van der Waals surface area contributed by atoms with Crippen molar-refractivity contribution in [1.29, 1.82) is 0 Å². The quantitative estimate of drug-likeness (QED) is 0.853. The number of fused-ring (bicyclic) bond motifs is 1. The Morgan fingerprint density at radius 1 is 1.25 bits per heavy atom. The summed E-state index contributed by atoms with van der Waals surface area (Å²) in [5.74, 6) is 0. The third-order valence-electron chi connectivity index (χ3n) is 2.57. The van der Waals surface area contributed by atoms with E-state index in [9.17, 15) is 5.11 Å². The van der Waals surface area contributed by atoms with Crippen LogP contribution < -0.4 is 0 Å². The highest BCUT2D eigenvalue weighted by Crippen LogP contribution is 2.10. The summed E-state index contributed by atoms with van der Waals surface area (Å²) in [6, 6.07) is 7.78. The van der Waals surface area contributed by atoms with Gasteiger partial charge in [0.05, 0.1) is 22.8 Å². The molecule has 0 bridgehead atoms. The molecule has 3 nitrogen and oxygen atoms in total. The Morgan fingerprint density at radius 3 is 2.75 bits per heavy atom. The van der Waals surface area contributed by atoms with Crippen molar-refractivity contribution in [1.82, 2.24) is 9.97 Å². The fourth-order valence-electron chi connectivity index (χ4n) is 1.77. The van der Waals surface area contributed by atoms with Gasteiger partial charge in [-0.05, 0) is 18.6 Å². The van der Waals surface area contributed by atoms with Gasteiger partial charge in [0.25, 0.3) is 0 Å². The molecule has 0 aliphatic carbocycles. The molecule has 0 radical (unpaired) electrons. The Labute approximate surface area is 95.2 Å². The minimum Gasteiger partial charge on any atom is -0.393 e. The summed E-state index contributed by atoms with van der Waals surface area (Å²) >= 11 is 0. The molecule has 0 fully saturated rings. The molecule has 1 atom stereocenters. The lowest BCUT2D eigenvalue weighted by molar-refractivity contribution is 0.162. The van der Waals surface area contributed by atoms with Gasteiger partial charge in [-0.2, -0.15) is 0 Å². The van der Waals surface area contributed by atoms with Crippen molar-refractivity contribution in [3.05, 3.63) is 36.2 Å². The van der Waals surface area contributed by atoms with Crippen LogP contribution in [0.15, 0.2) is 30.5 Å². The number of nitrogens with zero attached hydrogens (tertiary/aromatic N) is 2. The maximum atomic E-state index is 9.71. The average Bonchev–Trinajstić information content (AvgIpc) is 2.29. The topological polar surface area (TPSA) is 46.0 Å². The van der Waals surface area contributed by atoms with Crippen molar-refractivity contribution in [3.8, 4) is 0 Å². The highest BCUT2D eigenvalue weighted by Gasteiger charge is 2.06. The molecule has 1 N–H and O–H groups in total. The normalized spacial score (nSPS) is 12.9. The van der Waals surface area contributed by atoms with Gasteiger partial charge in [-0.1, -0.05) is 25.5 Å². The van der Waals surface area contributed by atoms with Gasteiger partial charge in [0, 0.05) is 12.6 Å². The number of aromatic nitrogens is 2. The maximum Gasteiger partial charge on any atom is 0.0890 e. The van der Waals surface area contributed by atoms with Crippen molar-refractivity contribution in [2.45, 2.75) is 32.3 Å². The Balaban J connectivity index is 2.19. The molecule has 16 heavy (non-hydrogen) atoms. The van der Waals surface area contributed by atoms with Crippen molar-refractivity contribution >= 4 is 11.0 Å². The molecular formula is C13H16N2O. The van der Waals surface area contributed by atoms with Gasteiger partial charge in [0.1, 0.15) is 0 Å². The number of rotatable bonds is 4. The van der Waals surface area contributed by atoms with Crippen LogP contribution in [0.2, 0.25) is 0 Å². The van der Waals surface area contributed by atoms with E-state index in [2.05, 4.69) is 16.9 Å². The number of hydrogen-bond acceptors (Lipinski definition) is 3. The second-order valence-electron chi connectivity index (χ2n) is 4.00. The summed E-state index contributed by atoms with van der Waals surface area (Å²) in [6.45, 7) is 2.06. The van der Waals surface area contributed by atoms with Crippen LogP contribution in [0.3, 0.4) is 0 Å². The van der Waals surface area contributed by atoms with Gasteiger partial charge in [0.15, 0.2) is 0 Å². The van der Waals surface area contributed by atoms with Gasteiger partial charge in [-0.3, -0.25) is 4.98 Å². The minimum absolute atomic E-state index is 0.305. The number of para-hydroxylation sites is 2. The summed E-state index contributed by atoms with van der Waals surface area (Å²) in [5, 5.41) is 9.71. The molecule has 1 heterocycles. The van der Waals surface area contributed by atoms with E-state index in [0.29, 0.717) is 6.42 Å². The zero-order chi connectivity index (χ0) is 11.4. The second kappa shape index (κ2) is 5.03. The lowest BCUT2D eigenvalue weighted by Gasteiger charge is -2.08. The van der Waals surface area contributed by atoms with Gasteiger partial charge in [0.2, 0.25) is 0 Å². The lowest BCUT2D eigenvalue weighted by atomic mass is 10.1. The van der Waals surface area contributed by atoms with Crippen LogP contribution in [0.5, 0.6) is 0 Å². The molecule has 0 amide bonds. The van der Waals surface area contributed by atoms with Crippen molar-refractivity contribution in [2.24, 2.45) is 0 Å². The standard InChI is InChI=1S/C13H16N2O/c1-2-5-11(16)8-10-9-14-12-6-3-4-7-13(12)15-10/h3-4,6-7,9,11,16H,2,5,8H2,1H3. The molecule has 0 saturated heterocycles. The summed E-state index contributed by atoms with van der Waals surface area (Å²) in [4.78, 5) is 8.80. The fraction of sp³-hybridized carbons (Fsp3) is 0.385. The van der Waals surface area contributed by atoms with Gasteiger partial charge in [-0.25, -0.2) is 4.98 Å². The first kappa shape index (κ1) is 11.0. The smallest absolute Gasteiger partial charge is 0.0890 e. The van der Waals surface area contributed by atoms with E-state index in [1.165, 1.54) is 0 Å². The molecule has 2 aromatic rings. The van der Waals surface area contributed by atoms with Crippen LogP contribution in [0.1, 0.15) is 25.5 Å². The largest absolute Gasteiger partial charge is 0.393 e. The average molecular weight is 216 g/mol. The van der Waals surface area contributed by atoms with Crippen LogP contribution >= 0.6 is 0 Å². The van der Waals surface area contributed by atoms with E-state index in [-0.39, 0.29) is 6.10 Å². The van der Waals surface area contributed by atoms with Gasteiger partial charge < -0.3 is 5.11 Å². The molecule has 3 heteroatoms. The summed E-state index contributed by atoms with van der Waals surface area (Å²) in [5.41, 5.74) is 2.65. The summed E-state index contributed by atoms with van der Waals surface area (Å²) in [7, 11) is 0. The van der Waals surface area contributed by atoms with E-state index in [0.717, 1.165) is 29.6 Å². The Kier molecular flexibility index (Phi) is 3.47. The number of aliphatic hydroxyl groups is 1. The molecule has 0 saturated carbocycles. The minimum atomic E-state index is -0.305. The predicted octanol–water partition coefficient (Wildman–Crippen LogP) is 2.33. The fourth-order valence-corrected chi connectivity index (χ4v) is 1.77. The molecule has 1 unspecified atom stereocenters.